The van der Waals surface area contributed by atoms with Gasteiger partial charge in [0.2, 0.25) is 17.7 Å². The van der Waals surface area contributed by atoms with Gasteiger partial charge in [0.1, 0.15) is 0 Å². The number of carbonyl (C=O) groups is 1. The Morgan fingerprint density at radius 2 is 2.15 bits per heavy atom. The fraction of sp³-hybridized carbons (Fsp3) is 0.600. The minimum atomic E-state index is 0.186. The monoisotopic (exact) mass is 369 g/mol. The molecule has 1 amide bonds. The number of amides is 1. The summed E-state index contributed by atoms with van der Waals surface area (Å²) < 4.78 is 5.55. The summed E-state index contributed by atoms with van der Waals surface area (Å²) in [6.45, 7) is 6.15. The van der Waals surface area contributed by atoms with E-state index in [0.717, 1.165) is 51.1 Å². The van der Waals surface area contributed by atoms with Gasteiger partial charge in [0.25, 0.3) is 0 Å². The largest absolute Gasteiger partial charge is 0.424 e. The van der Waals surface area contributed by atoms with E-state index in [4.69, 9.17) is 4.42 Å². The van der Waals surface area contributed by atoms with Gasteiger partial charge in [-0.25, -0.2) is 0 Å². The second-order valence-electron chi connectivity index (χ2n) is 7.92. The van der Waals surface area contributed by atoms with Crippen LogP contribution in [-0.2, 0) is 17.8 Å². The molecule has 0 unspecified atom stereocenters. The number of nitrogens with zero attached hydrogens (tertiary/aromatic N) is 5. The summed E-state index contributed by atoms with van der Waals surface area (Å²) >= 11 is 0. The lowest BCUT2D eigenvalue weighted by atomic mass is 9.73. The van der Waals surface area contributed by atoms with Gasteiger partial charge in [-0.15, -0.1) is 10.2 Å². The summed E-state index contributed by atoms with van der Waals surface area (Å²) in [5.41, 5.74) is 1.23. The Kier molecular flexibility index (Phi) is 5.20. The summed E-state index contributed by atoms with van der Waals surface area (Å²) in [5, 5.41) is 8.06. The summed E-state index contributed by atoms with van der Waals surface area (Å²) in [6.07, 6.45) is 6.58. The van der Waals surface area contributed by atoms with Gasteiger partial charge < -0.3 is 9.32 Å². The Hall–Kier alpha value is -2.28. The third-order valence-electron chi connectivity index (χ3n) is 5.78. The van der Waals surface area contributed by atoms with Crippen LogP contribution in [0.15, 0.2) is 28.8 Å². The van der Waals surface area contributed by atoms with Crippen LogP contribution in [0.2, 0.25) is 0 Å². The summed E-state index contributed by atoms with van der Waals surface area (Å²) in [4.78, 5) is 21.3. The number of hydrogen-bond acceptors (Lipinski definition) is 6. The minimum Gasteiger partial charge on any atom is -0.424 e. The zero-order valence-corrected chi connectivity index (χ0v) is 15.9. The molecule has 2 aliphatic rings. The lowest BCUT2D eigenvalue weighted by Gasteiger charge is -2.48. The molecule has 2 aromatic rings. The van der Waals surface area contributed by atoms with E-state index in [2.05, 4.69) is 25.0 Å². The summed E-state index contributed by atoms with van der Waals surface area (Å²) in [5.74, 6) is 1.57. The van der Waals surface area contributed by atoms with Crippen LogP contribution in [-0.4, -0.2) is 57.1 Å². The second kappa shape index (κ2) is 7.76. The summed E-state index contributed by atoms with van der Waals surface area (Å²) in [7, 11) is 0. The van der Waals surface area contributed by atoms with Gasteiger partial charge in [-0.05, 0) is 37.9 Å². The van der Waals surface area contributed by atoms with Crippen LogP contribution in [0.1, 0.15) is 43.2 Å². The first-order chi connectivity index (χ1) is 13.1. The maximum atomic E-state index is 12.5. The van der Waals surface area contributed by atoms with Crippen molar-refractivity contribution in [3.05, 3.63) is 41.9 Å². The van der Waals surface area contributed by atoms with Crippen LogP contribution in [0, 0.1) is 12.3 Å². The Balaban J connectivity index is 1.38. The smallest absolute Gasteiger partial charge is 0.230 e. The number of pyridine rings is 1. The van der Waals surface area contributed by atoms with E-state index in [0.29, 0.717) is 24.7 Å². The molecule has 0 aliphatic carbocycles. The van der Waals surface area contributed by atoms with Gasteiger partial charge in [0.05, 0.1) is 6.54 Å². The molecule has 7 heteroatoms. The van der Waals surface area contributed by atoms with E-state index in [1.807, 2.05) is 31.3 Å². The van der Waals surface area contributed by atoms with Crippen molar-refractivity contribution in [3.63, 3.8) is 0 Å². The number of aryl methyl sites for hydroxylation is 1. The molecule has 2 aromatic heterocycles. The predicted molar refractivity (Wildman–Crippen MR) is 99.7 cm³/mol. The molecule has 1 spiro atoms. The van der Waals surface area contributed by atoms with Crippen molar-refractivity contribution in [1.29, 1.82) is 0 Å². The quantitative estimate of drug-likeness (QED) is 0.804. The number of likely N-dealkylation sites (tertiary alicyclic amines) is 2. The molecule has 4 rings (SSSR count). The highest BCUT2D eigenvalue weighted by Crippen LogP contribution is 2.39. The van der Waals surface area contributed by atoms with Gasteiger partial charge in [-0.2, -0.15) is 0 Å². The average molecular weight is 369 g/mol. The zero-order chi connectivity index (χ0) is 18.7. The van der Waals surface area contributed by atoms with E-state index in [-0.39, 0.29) is 11.3 Å². The van der Waals surface area contributed by atoms with E-state index >= 15 is 0 Å². The average Bonchev–Trinajstić information content (AvgIpc) is 3.08. The van der Waals surface area contributed by atoms with Crippen LogP contribution >= 0.6 is 0 Å². The predicted octanol–water partition coefficient (Wildman–Crippen LogP) is 2.22. The standard InChI is InChI=1S/C20H27N5O2/c1-16-22-23-18(27-16)13-24-11-4-8-20(14-24)9-6-19(26)25(15-20)12-7-17-5-2-3-10-21-17/h2-3,5,10H,4,6-9,11-15H2,1H3/t20-/m0/s1. The minimum absolute atomic E-state index is 0.186. The molecule has 0 bridgehead atoms. The third kappa shape index (κ3) is 4.35. The number of rotatable bonds is 5. The van der Waals surface area contributed by atoms with Crippen LogP contribution in [0.5, 0.6) is 0 Å². The molecule has 2 fully saturated rings. The number of piperidine rings is 2. The van der Waals surface area contributed by atoms with Crippen LogP contribution in [0.25, 0.3) is 0 Å². The first kappa shape index (κ1) is 18.1. The maximum absolute atomic E-state index is 12.5. The molecule has 4 heterocycles. The highest BCUT2D eigenvalue weighted by atomic mass is 16.4. The van der Waals surface area contributed by atoms with Gasteiger partial charge in [-0.3, -0.25) is 14.7 Å². The number of aromatic nitrogens is 3. The first-order valence-corrected chi connectivity index (χ1v) is 9.81. The molecule has 7 nitrogen and oxygen atoms in total. The Labute approximate surface area is 159 Å². The molecule has 0 aromatic carbocycles. The Bertz CT molecular complexity index is 778. The van der Waals surface area contributed by atoms with Crippen molar-refractivity contribution in [2.24, 2.45) is 5.41 Å². The number of carbonyl (C=O) groups excluding carboxylic acids is 1. The Morgan fingerprint density at radius 3 is 2.93 bits per heavy atom. The topological polar surface area (TPSA) is 75.4 Å². The van der Waals surface area contributed by atoms with Crippen LogP contribution in [0.3, 0.4) is 0 Å². The van der Waals surface area contributed by atoms with Crippen molar-refractivity contribution in [3.8, 4) is 0 Å². The van der Waals surface area contributed by atoms with Gasteiger partial charge in [0, 0.05) is 56.7 Å². The molecular weight excluding hydrogens is 342 g/mol. The van der Waals surface area contributed by atoms with Crippen molar-refractivity contribution in [2.45, 2.75) is 45.6 Å². The molecule has 27 heavy (non-hydrogen) atoms. The lowest BCUT2D eigenvalue weighted by Crippen LogP contribution is -2.54. The van der Waals surface area contributed by atoms with Crippen molar-refractivity contribution >= 4 is 5.91 Å². The van der Waals surface area contributed by atoms with Crippen molar-refractivity contribution in [2.75, 3.05) is 26.2 Å². The highest BCUT2D eigenvalue weighted by molar-refractivity contribution is 5.77. The Morgan fingerprint density at radius 1 is 1.22 bits per heavy atom. The molecule has 0 saturated carbocycles. The van der Waals surface area contributed by atoms with Crippen molar-refractivity contribution in [1.82, 2.24) is 25.0 Å². The second-order valence-corrected chi connectivity index (χ2v) is 7.92. The van der Waals surface area contributed by atoms with E-state index in [1.54, 1.807) is 0 Å². The van der Waals surface area contributed by atoms with Crippen LogP contribution < -0.4 is 0 Å². The van der Waals surface area contributed by atoms with Gasteiger partial charge in [0.15, 0.2) is 0 Å². The highest BCUT2D eigenvalue weighted by Gasteiger charge is 2.41. The van der Waals surface area contributed by atoms with Crippen molar-refractivity contribution < 1.29 is 9.21 Å². The molecule has 2 aliphatic heterocycles. The summed E-state index contributed by atoms with van der Waals surface area (Å²) in [6, 6.07) is 5.95. The first-order valence-electron chi connectivity index (χ1n) is 9.81. The molecule has 0 N–H and O–H groups in total. The normalized spacial score (nSPS) is 23.9. The molecule has 1 atom stereocenters. The van der Waals surface area contributed by atoms with Crippen LogP contribution in [0.4, 0.5) is 0 Å². The maximum Gasteiger partial charge on any atom is 0.230 e. The molecule has 0 radical (unpaired) electrons. The molecule has 2 saturated heterocycles. The fourth-order valence-corrected chi connectivity index (χ4v) is 4.47. The third-order valence-corrected chi connectivity index (χ3v) is 5.78. The molecular formula is C20H27N5O2. The number of hydrogen-bond donors (Lipinski definition) is 0. The van der Waals surface area contributed by atoms with Gasteiger partial charge in [-0.1, -0.05) is 6.07 Å². The lowest BCUT2D eigenvalue weighted by molar-refractivity contribution is -0.139. The van der Waals surface area contributed by atoms with Gasteiger partial charge >= 0.3 is 0 Å². The zero-order valence-electron chi connectivity index (χ0n) is 15.9. The molecule has 144 valence electrons. The fourth-order valence-electron chi connectivity index (χ4n) is 4.47. The van der Waals surface area contributed by atoms with E-state index < -0.39 is 0 Å². The SMILES string of the molecule is Cc1nnc(CN2CCC[C@]3(CCC(=O)N(CCc4ccccn4)C3)C2)o1. The van der Waals surface area contributed by atoms with E-state index in [9.17, 15) is 4.79 Å². The van der Waals surface area contributed by atoms with E-state index in [1.165, 1.54) is 6.42 Å².